The fourth-order valence-corrected chi connectivity index (χ4v) is 2.27. The molecule has 3 rings (SSSR count). The number of hydrogen-bond acceptors (Lipinski definition) is 1. The highest BCUT2D eigenvalue weighted by Crippen LogP contribution is 2.35. The smallest absolute Gasteiger partial charge is 0.126 e. The molecule has 1 saturated carbocycles. The largest absolute Gasteiger partial charge is 0.292 e. The first-order chi connectivity index (χ1) is 6.74. The first-order valence-corrected chi connectivity index (χ1v) is 5.26. The average molecular weight is 191 g/mol. The number of aryl methyl sites for hydroxylation is 1. The van der Waals surface area contributed by atoms with E-state index in [0.29, 0.717) is 0 Å². The Morgan fingerprint density at radius 3 is 2.50 bits per heavy atom. The number of nitrogens with zero attached hydrogens (tertiary/aromatic N) is 1. The second-order valence-corrected chi connectivity index (χ2v) is 4.51. The molecule has 1 fully saturated rings. The lowest BCUT2D eigenvalue weighted by atomic mass is 10.1. The standard InChI is InChI=1S/C12H14FN/c1-8-4-9-6-14(11-2-3-11)7-10(9)5-12(8)13/h4-5,11H,2-3,6-7H2,1H3. The summed E-state index contributed by atoms with van der Waals surface area (Å²) < 4.78 is 13.3. The zero-order valence-electron chi connectivity index (χ0n) is 8.39. The second kappa shape index (κ2) is 2.80. The summed E-state index contributed by atoms with van der Waals surface area (Å²) >= 11 is 0. The van der Waals surface area contributed by atoms with Gasteiger partial charge in [0.25, 0.3) is 0 Å². The molecule has 0 aromatic heterocycles. The number of fused-ring (bicyclic) bond motifs is 1. The Bertz CT molecular complexity index is 351. The normalized spacial score (nSPS) is 21.3. The lowest BCUT2D eigenvalue weighted by Gasteiger charge is -2.11. The van der Waals surface area contributed by atoms with Crippen LogP contribution in [0.25, 0.3) is 0 Å². The minimum Gasteiger partial charge on any atom is -0.292 e. The van der Waals surface area contributed by atoms with E-state index in [1.54, 1.807) is 6.07 Å². The van der Waals surface area contributed by atoms with Crippen molar-refractivity contribution in [3.63, 3.8) is 0 Å². The summed E-state index contributed by atoms with van der Waals surface area (Å²) in [6.07, 6.45) is 2.66. The molecule has 0 amide bonds. The third-order valence-corrected chi connectivity index (χ3v) is 3.29. The van der Waals surface area contributed by atoms with Gasteiger partial charge in [0.15, 0.2) is 0 Å². The van der Waals surface area contributed by atoms with Gasteiger partial charge in [0.05, 0.1) is 0 Å². The number of hydrogen-bond donors (Lipinski definition) is 0. The fraction of sp³-hybridized carbons (Fsp3) is 0.500. The van der Waals surface area contributed by atoms with Crippen LogP contribution in [0.3, 0.4) is 0 Å². The highest BCUT2D eigenvalue weighted by Gasteiger charge is 2.33. The van der Waals surface area contributed by atoms with Crippen LogP contribution in [-0.2, 0) is 13.1 Å². The topological polar surface area (TPSA) is 3.24 Å². The van der Waals surface area contributed by atoms with Gasteiger partial charge in [-0.05, 0) is 42.5 Å². The SMILES string of the molecule is Cc1cc2c(cc1F)CN(C1CC1)C2. The van der Waals surface area contributed by atoms with Gasteiger partial charge in [-0.15, -0.1) is 0 Å². The zero-order chi connectivity index (χ0) is 9.71. The lowest BCUT2D eigenvalue weighted by Crippen LogP contribution is -2.18. The summed E-state index contributed by atoms with van der Waals surface area (Å²) in [4.78, 5) is 2.46. The first-order valence-electron chi connectivity index (χ1n) is 5.26. The predicted octanol–water partition coefficient (Wildman–Crippen LogP) is 2.61. The number of halogens is 1. The molecule has 0 N–H and O–H groups in total. The molecular weight excluding hydrogens is 177 g/mol. The molecule has 0 atom stereocenters. The van der Waals surface area contributed by atoms with Crippen molar-refractivity contribution in [3.05, 3.63) is 34.6 Å². The van der Waals surface area contributed by atoms with Crippen molar-refractivity contribution >= 4 is 0 Å². The quantitative estimate of drug-likeness (QED) is 0.659. The van der Waals surface area contributed by atoms with E-state index in [-0.39, 0.29) is 5.82 Å². The van der Waals surface area contributed by atoms with Crippen LogP contribution in [0.2, 0.25) is 0 Å². The predicted molar refractivity (Wildman–Crippen MR) is 53.4 cm³/mol. The van der Waals surface area contributed by atoms with Crippen molar-refractivity contribution in [1.29, 1.82) is 0 Å². The van der Waals surface area contributed by atoms with Gasteiger partial charge in [-0.25, -0.2) is 4.39 Å². The van der Waals surface area contributed by atoms with E-state index >= 15 is 0 Å². The summed E-state index contributed by atoms with van der Waals surface area (Å²) in [5, 5.41) is 0. The van der Waals surface area contributed by atoms with Crippen molar-refractivity contribution in [2.75, 3.05) is 0 Å². The van der Waals surface area contributed by atoms with Gasteiger partial charge in [-0.3, -0.25) is 4.90 Å². The Balaban J connectivity index is 1.93. The molecule has 1 aromatic carbocycles. The maximum Gasteiger partial charge on any atom is 0.126 e. The summed E-state index contributed by atoms with van der Waals surface area (Å²) in [5.74, 6) is -0.0543. The molecule has 2 heteroatoms. The lowest BCUT2D eigenvalue weighted by molar-refractivity contribution is 0.273. The average Bonchev–Trinajstić information content (AvgIpc) is 2.90. The molecule has 1 heterocycles. The van der Waals surface area contributed by atoms with Crippen LogP contribution in [-0.4, -0.2) is 10.9 Å². The minimum absolute atomic E-state index is 0.0543. The van der Waals surface area contributed by atoms with Gasteiger partial charge in [-0.1, -0.05) is 6.07 Å². The molecule has 1 aliphatic carbocycles. The van der Waals surface area contributed by atoms with Crippen LogP contribution < -0.4 is 0 Å². The molecule has 0 spiro atoms. The Morgan fingerprint density at radius 2 is 1.86 bits per heavy atom. The van der Waals surface area contributed by atoms with Gasteiger partial charge in [-0.2, -0.15) is 0 Å². The van der Waals surface area contributed by atoms with Crippen molar-refractivity contribution in [2.45, 2.75) is 38.9 Å². The molecule has 0 bridgehead atoms. The van der Waals surface area contributed by atoms with Gasteiger partial charge < -0.3 is 0 Å². The molecule has 14 heavy (non-hydrogen) atoms. The van der Waals surface area contributed by atoms with Crippen molar-refractivity contribution in [2.24, 2.45) is 0 Å². The van der Waals surface area contributed by atoms with E-state index in [2.05, 4.69) is 4.90 Å². The van der Waals surface area contributed by atoms with Crippen LogP contribution in [0.1, 0.15) is 29.5 Å². The van der Waals surface area contributed by atoms with Crippen LogP contribution in [0.15, 0.2) is 12.1 Å². The molecule has 2 aliphatic rings. The monoisotopic (exact) mass is 191 g/mol. The first kappa shape index (κ1) is 8.42. The van der Waals surface area contributed by atoms with Crippen LogP contribution in [0.4, 0.5) is 4.39 Å². The molecule has 0 radical (unpaired) electrons. The molecule has 0 saturated heterocycles. The molecule has 74 valence electrons. The maximum absolute atomic E-state index is 13.3. The van der Waals surface area contributed by atoms with Gasteiger partial charge in [0.2, 0.25) is 0 Å². The molecule has 1 nitrogen and oxygen atoms in total. The zero-order valence-corrected chi connectivity index (χ0v) is 8.39. The number of benzene rings is 1. The number of rotatable bonds is 1. The summed E-state index contributed by atoms with van der Waals surface area (Å²) in [6.45, 7) is 3.83. The summed E-state index contributed by atoms with van der Waals surface area (Å²) in [6, 6.07) is 4.51. The Kier molecular flexibility index (Phi) is 1.68. The molecule has 1 aliphatic heterocycles. The van der Waals surface area contributed by atoms with E-state index in [1.807, 2.05) is 13.0 Å². The van der Waals surface area contributed by atoms with E-state index in [4.69, 9.17) is 0 Å². The van der Waals surface area contributed by atoms with Crippen LogP contribution in [0, 0.1) is 12.7 Å². The Morgan fingerprint density at radius 1 is 1.21 bits per heavy atom. The van der Waals surface area contributed by atoms with E-state index in [0.717, 1.165) is 24.7 Å². The van der Waals surface area contributed by atoms with Crippen LogP contribution >= 0.6 is 0 Å². The van der Waals surface area contributed by atoms with Crippen molar-refractivity contribution in [1.82, 2.24) is 4.90 Å². The molecule has 1 aromatic rings. The Hall–Kier alpha value is -0.890. The Labute approximate surface area is 83.5 Å². The van der Waals surface area contributed by atoms with E-state index < -0.39 is 0 Å². The minimum atomic E-state index is -0.0543. The highest BCUT2D eigenvalue weighted by molar-refractivity contribution is 5.35. The molecule has 0 unspecified atom stereocenters. The van der Waals surface area contributed by atoms with Crippen LogP contribution in [0.5, 0.6) is 0 Å². The van der Waals surface area contributed by atoms with Crippen molar-refractivity contribution < 1.29 is 4.39 Å². The van der Waals surface area contributed by atoms with Gasteiger partial charge in [0, 0.05) is 19.1 Å². The maximum atomic E-state index is 13.3. The summed E-state index contributed by atoms with van der Waals surface area (Å²) in [5.41, 5.74) is 3.30. The van der Waals surface area contributed by atoms with Gasteiger partial charge >= 0.3 is 0 Å². The molecular formula is C12H14FN. The highest BCUT2D eigenvalue weighted by atomic mass is 19.1. The second-order valence-electron chi connectivity index (χ2n) is 4.51. The van der Waals surface area contributed by atoms with Crippen molar-refractivity contribution in [3.8, 4) is 0 Å². The fourth-order valence-electron chi connectivity index (χ4n) is 2.27. The third-order valence-electron chi connectivity index (χ3n) is 3.29. The summed E-state index contributed by atoms with van der Waals surface area (Å²) in [7, 11) is 0. The van der Waals surface area contributed by atoms with Gasteiger partial charge in [0.1, 0.15) is 5.82 Å². The van der Waals surface area contributed by atoms with E-state index in [9.17, 15) is 4.39 Å². The third kappa shape index (κ3) is 1.25. The van der Waals surface area contributed by atoms with E-state index in [1.165, 1.54) is 24.0 Å².